The smallest absolute Gasteiger partial charge is 0.339 e. The molecule has 216 valence electrons. The minimum absolute atomic E-state index is 0.0756. The van der Waals surface area contributed by atoms with E-state index < -0.39 is 16.2 Å². The Kier molecular flexibility index (Phi) is 6.32. The number of rotatable bonds is 5. The number of allylic oxidation sites excluding steroid dienone is 1. The normalized spacial score (nSPS) is 17.7. The zero-order valence-corrected chi connectivity index (χ0v) is 25.0. The molecule has 1 aliphatic heterocycles. The van der Waals surface area contributed by atoms with Gasteiger partial charge in [0.05, 0.1) is 13.2 Å². The van der Waals surface area contributed by atoms with E-state index in [4.69, 9.17) is 8.92 Å². The predicted molar refractivity (Wildman–Crippen MR) is 170 cm³/mol. The lowest BCUT2D eigenvalue weighted by Crippen LogP contribution is -2.33. The molecule has 5 aromatic rings. The Hall–Kier alpha value is -4.62. The van der Waals surface area contributed by atoms with Crippen molar-refractivity contribution in [2.45, 2.75) is 37.6 Å². The molecule has 1 aliphatic carbocycles. The van der Waals surface area contributed by atoms with E-state index in [-0.39, 0.29) is 27.6 Å². The number of hydrogen-bond donors (Lipinski definition) is 1. The number of nitrogens with one attached hydrogen (secondary N) is 1. The Bertz CT molecular complexity index is 2090. The summed E-state index contributed by atoms with van der Waals surface area (Å²) in [5, 5.41) is 7.25. The fourth-order valence-corrected chi connectivity index (χ4v) is 7.76. The van der Waals surface area contributed by atoms with Crippen LogP contribution in [0.25, 0.3) is 27.1 Å². The highest BCUT2D eigenvalue weighted by Crippen LogP contribution is 2.52. The molecule has 0 spiro atoms. The van der Waals surface area contributed by atoms with Crippen LogP contribution in [0, 0.1) is 5.41 Å². The summed E-state index contributed by atoms with van der Waals surface area (Å²) in [5.74, 6) is 0.449. The lowest BCUT2D eigenvalue weighted by atomic mass is 9.68. The molecule has 0 radical (unpaired) electrons. The first-order valence-electron chi connectivity index (χ1n) is 14.3. The molecule has 43 heavy (non-hydrogen) atoms. The van der Waals surface area contributed by atoms with E-state index in [9.17, 15) is 13.2 Å². The van der Waals surface area contributed by atoms with Crippen LogP contribution in [0.3, 0.4) is 0 Å². The Morgan fingerprint density at radius 1 is 0.791 bits per heavy atom. The highest BCUT2D eigenvalue weighted by molar-refractivity contribution is 7.87. The SMILES string of the molecule is COc1cc(C2Nc3ccc4ccccc4c3C3=C2C(=O)CC(C)(C)C3)ccc1OS(=O)(=O)c1cccc2ccccc12. The van der Waals surface area contributed by atoms with Crippen molar-refractivity contribution in [3.05, 3.63) is 114 Å². The van der Waals surface area contributed by atoms with Crippen LogP contribution in [-0.4, -0.2) is 21.3 Å². The number of methoxy groups -OCH3 is 1. The third-order valence-electron chi connectivity index (χ3n) is 8.48. The summed E-state index contributed by atoms with van der Waals surface area (Å²) in [6.07, 6.45) is 1.22. The van der Waals surface area contributed by atoms with Crippen LogP contribution in [0.2, 0.25) is 0 Å². The zero-order chi connectivity index (χ0) is 29.9. The number of carbonyl (C=O) groups is 1. The summed E-state index contributed by atoms with van der Waals surface area (Å²) in [6.45, 7) is 4.28. The number of hydrogen-bond acceptors (Lipinski definition) is 6. The third-order valence-corrected chi connectivity index (χ3v) is 9.77. The standard InChI is InChI=1S/C36H31NO5S/c1-36(2)20-27-33-26-13-7-5-10-23(26)15-17-28(33)37-35(34(27)29(38)21-36)24-16-18-30(31(19-24)41-3)42-43(39,40)32-14-8-11-22-9-4-6-12-25(22)32/h4-19,35,37H,20-21H2,1-3H3. The number of fused-ring (bicyclic) bond motifs is 5. The van der Waals surface area contributed by atoms with Gasteiger partial charge in [-0.3, -0.25) is 4.79 Å². The molecule has 0 bridgehead atoms. The molecular weight excluding hydrogens is 558 g/mol. The highest BCUT2D eigenvalue weighted by Gasteiger charge is 2.41. The molecule has 0 aromatic heterocycles. The molecule has 1 atom stereocenters. The maximum atomic E-state index is 13.8. The summed E-state index contributed by atoms with van der Waals surface area (Å²) in [5.41, 5.74) is 4.48. The van der Waals surface area contributed by atoms with Gasteiger partial charge in [0.1, 0.15) is 4.90 Å². The summed E-state index contributed by atoms with van der Waals surface area (Å²) in [7, 11) is -2.69. The Morgan fingerprint density at radius 3 is 2.26 bits per heavy atom. The van der Waals surface area contributed by atoms with Crippen LogP contribution >= 0.6 is 0 Å². The Labute approximate surface area is 251 Å². The summed E-state index contributed by atoms with van der Waals surface area (Å²) in [4.78, 5) is 13.9. The minimum atomic E-state index is -4.17. The Morgan fingerprint density at radius 2 is 1.49 bits per heavy atom. The third kappa shape index (κ3) is 4.64. The molecule has 5 aromatic carbocycles. The van der Waals surface area contributed by atoms with Crippen molar-refractivity contribution in [1.82, 2.24) is 0 Å². The van der Waals surface area contributed by atoms with Crippen LogP contribution in [0.1, 0.15) is 43.9 Å². The van der Waals surface area contributed by atoms with Gasteiger partial charge in [0.15, 0.2) is 17.3 Å². The summed E-state index contributed by atoms with van der Waals surface area (Å²) >= 11 is 0. The summed E-state index contributed by atoms with van der Waals surface area (Å²) in [6, 6.07) is 29.5. The fraction of sp³-hybridized carbons (Fsp3) is 0.194. The van der Waals surface area contributed by atoms with Gasteiger partial charge in [0, 0.05) is 28.6 Å². The number of benzene rings is 5. The molecule has 7 rings (SSSR count). The van der Waals surface area contributed by atoms with Crippen LogP contribution in [0.5, 0.6) is 11.5 Å². The van der Waals surface area contributed by atoms with Crippen LogP contribution in [0.4, 0.5) is 5.69 Å². The van der Waals surface area contributed by atoms with Gasteiger partial charge in [0.25, 0.3) is 0 Å². The second kappa shape index (κ2) is 9.99. The van der Waals surface area contributed by atoms with Gasteiger partial charge in [-0.05, 0) is 63.4 Å². The molecule has 1 unspecified atom stereocenters. The quantitative estimate of drug-likeness (QED) is 0.209. The second-order valence-corrected chi connectivity index (χ2v) is 13.6. The first-order valence-corrected chi connectivity index (χ1v) is 15.7. The Balaban J connectivity index is 1.31. The first-order chi connectivity index (χ1) is 20.6. The van der Waals surface area contributed by atoms with Crippen molar-refractivity contribution in [3.8, 4) is 11.5 Å². The molecule has 0 fully saturated rings. The van der Waals surface area contributed by atoms with Gasteiger partial charge in [-0.25, -0.2) is 0 Å². The van der Waals surface area contributed by atoms with E-state index in [2.05, 4.69) is 43.4 Å². The maximum absolute atomic E-state index is 13.8. The maximum Gasteiger partial charge on any atom is 0.339 e. The van der Waals surface area contributed by atoms with E-state index in [0.717, 1.165) is 50.5 Å². The molecular formula is C36H31NO5S. The average molecular weight is 590 g/mol. The predicted octanol–water partition coefficient (Wildman–Crippen LogP) is 8.08. The van der Waals surface area contributed by atoms with Gasteiger partial charge in [-0.2, -0.15) is 8.42 Å². The lowest BCUT2D eigenvalue weighted by Gasteiger charge is -2.40. The molecule has 1 heterocycles. The van der Waals surface area contributed by atoms with Crippen molar-refractivity contribution in [2.75, 3.05) is 12.4 Å². The number of Topliss-reactive ketones (excluding diaryl/α,β-unsaturated/α-hetero) is 1. The van der Waals surface area contributed by atoms with Gasteiger partial charge in [0.2, 0.25) is 0 Å². The van der Waals surface area contributed by atoms with Gasteiger partial charge < -0.3 is 14.2 Å². The minimum Gasteiger partial charge on any atom is -0.493 e. The number of anilines is 1. The highest BCUT2D eigenvalue weighted by atomic mass is 32.2. The largest absolute Gasteiger partial charge is 0.493 e. The van der Waals surface area contributed by atoms with Crippen molar-refractivity contribution < 1.29 is 22.1 Å². The van der Waals surface area contributed by atoms with Crippen LogP contribution < -0.4 is 14.2 Å². The number of ether oxygens (including phenoxy) is 1. The molecule has 0 saturated carbocycles. The molecule has 6 nitrogen and oxygen atoms in total. The van der Waals surface area contributed by atoms with Crippen LogP contribution in [0.15, 0.2) is 108 Å². The van der Waals surface area contributed by atoms with E-state index in [0.29, 0.717) is 11.8 Å². The molecule has 2 aliphatic rings. The lowest BCUT2D eigenvalue weighted by molar-refractivity contribution is -0.118. The van der Waals surface area contributed by atoms with Crippen molar-refractivity contribution in [1.29, 1.82) is 0 Å². The summed E-state index contributed by atoms with van der Waals surface area (Å²) < 4.78 is 38.2. The van der Waals surface area contributed by atoms with E-state index >= 15 is 0 Å². The van der Waals surface area contributed by atoms with Crippen molar-refractivity contribution in [3.63, 3.8) is 0 Å². The topological polar surface area (TPSA) is 81.7 Å². The van der Waals surface area contributed by atoms with Gasteiger partial charge in [-0.1, -0.05) is 86.6 Å². The van der Waals surface area contributed by atoms with Gasteiger partial charge in [-0.15, -0.1) is 0 Å². The average Bonchev–Trinajstić information content (AvgIpc) is 2.99. The van der Waals surface area contributed by atoms with Crippen LogP contribution in [-0.2, 0) is 14.9 Å². The number of ketones is 1. The van der Waals surface area contributed by atoms with E-state index in [1.54, 1.807) is 36.4 Å². The molecule has 0 saturated heterocycles. The molecule has 0 amide bonds. The van der Waals surface area contributed by atoms with Crippen molar-refractivity contribution >= 4 is 48.7 Å². The molecule has 1 N–H and O–H groups in total. The monoisotopic (exact) mass is 589 g/mol. The molecule has 7 heteroatoms. The second-order valence-electron chi connectivity index (χ2n) is 12.0. The van der Waals surface area contributed by atoms with Crippen molar-refractivity contribution in [2.24, 2.45) is 5.41 Å². The zero-order valence-electron chi connectivity index (χ0n) is 24.2. The number of carbonyl (C=O) groups excluding carboxylic acids is 1. The van der Waals surface area contributed by atoms with E-state index in [1.807, 2.05) is 30.3 Å². The fourth-order valence-electron chi connectivity index (χ4n) is 6.60. The van der Waals surface area contributed by atoms with E-state index in [1.165, 1.54) is 13.2 Å². The van der Waals surface area contributed by atoms with Gasteiger partial charge >= 0.3 is 10.1 Å². The first kappa shape index (κ1) is 27.2.